The highest BCUT2D eigenvalue weighted by Gasteiger charge is 2.74. The molecule has 1 aliphatic carbocycles. The van der Waals surface area contributed by atoms with Crippen LogP contribution in [0.4, 0.5) is 0 Å². The molecule has 0 N–H and O–H groups in total. The van der Waals surface area contributed by atoms with Crippen LogP contribution in [0.2, 0.25) is 0 Å². The minimum Gasteiger partial charge on any atom is -0.324 e. The van der Waals surface area contributed by atoms with Crippen molar-refractivity contribution in [3.8, 4) is 0 Å². The summed E-state index contributed by atoms with van der Waals surface area (Å²) in [7, 11) is 0. The first-order valence-corrected chi connectivity index (χ1v) is 4.58. The summed E-state index contributed by atoms with van der Waals surface area (Å²) in [6.45, 7) is 0. The summed E-state index contributed by atoms with van der Waals surface area (Å²) in [6.07, 6.45) is 0.716. The van der Waals surface area contributed by atoms with Gasteiger partial charge in [0.2, 0.25) is 5.06 Å². The van der Waals surface area contributed by atoms with Gasteiger partial charge < -0.3 is 4.74 Å². The maximum absolute atomic E-state index is 6.16. The van der Waals surface area contributed by atoms with Gasteiger partial charge in [0.25, 0.3) is 0 Å². The number of alkyl halides is 2. The van der Waals surface area contributed by atoms with Gasteiger partial charge in [-0.15, -0.1) is 0 Å². The van der Waals surface area contributed by atoms with Crippen molar-refractivity contribution in [2.24, 2.45) is 0 Å². The molecular formula is C9H6Cl2O. The maximum Gasteiger partial charge on any atom is 0.213 e. The van der Waals surface area contributed by atoms with Crippen LogP contribution in [-0.2, 0) is 16.2 Å². The van der Waals surface area contributed by atoms with Gasteiger partial charge in [-0.25, -0.2) is 0 Å². The Morgan fingerprint density at radius 2 is 2.00 bits per heavy atom. The molecule has 1 aromatic rings. The molecule has 0 aromatic heterocycles. The zero-order chi connectivity index (χ0) is 8.40. The summed E-state index contributed by atoms with van der Waals surface area (Å²) in [6, 6.07) is 7.95. The van der Waals surface area contributed by atoms with Crippen molar-refractivity contribution in [1.29, 1.82) is 0 Å². The normalized spacial score (nSPS) is 42.2. The molecule has 2 atom stereocenters. The van der Waals surface area contributed by atoms with Gasteiger partial charge in [0.1, 0.15) is 0 Å². The Bertz CT molecular complexity index is 365. The van der Waals surface area contributed by atoms with Crippen LogP contribution in [0.5, 0.6) is 0 Å². The molecule has 2 unspecified atom stereocenters. The molecule has 0 amide bonds. The average molecular weight is 201 g/mol. The number of benzene rings is 1. The number of rotatable bonds is 0. The van der Waals surface area contributed by atoms with Gasteiger partial charge in [-0.1, -0.05) is 47.5 Å². The molecule has 1 heterocycles. The van der Waals surface area contributed by atoms with E-state index in [4.69, 9.17) is 27.9 Å². The Kier molecular flexibility index (Phi) is 1.09. The third kappa shape index (κ3) is 0.620. The van der Waals surface area contributed by atoms with Gasteiger partial charge in [0.15, 0.2) is 5.06 Å². The van der Waals surface area contributed by atoms with Gasteiger partial charge in [-0.2, -0.15) is 0 Å². The lowest BCUT2D eigenvalue weighted by Gasteiger charge is -2.02. The Morgan fingerprint density at radius 3 is 2.75 bits per heavy atom. The van der Waals surface area contributed by atoms with Crippen molar-refractivity contribution in [2.75, 3.05) is 0 Å². The van der Waals surface area contributed by atoms with Crippen LogP contribution in [0.3, 0.4) is 0 Å². The number of hydrogen-bond acceptors (Lipinski definition) is 1. The van der Waals surface area contributed by atoms with Crippen molar-refractivity contribution >= 4 is 23.2 Å². The van der Waals surface area contributed by atoms with E-state index in [9.17, 15) is 0 Å². The SMILES string of the molecule is ClC12Cc3ccccc3C1(Cl)O2. The molecule has 3 heteroatoms. The Hall–Kier alpha value is -0.240. The lowest BCUT2D eigenvalue weighted by atomic mass is 10.1. The van der Waals surface area contributed by atoms with E-state index < -0.39 is 10.1 Å². The maximum atomic E-state index is 6.16. The molecule has 12 heavy (non-hydrogen) atoms. The Morgan fingerprint density at radius 1 is 1.25 bits per heavy atom. The lowest BCUT2D eigenvalue weighted by molar-refractivity contribution is 0.324. The van der Waals surface area contributed by atoms with Gasteiger partial charge in [-0.3, -0.25) is 0 Å². The molecule has 2 aliphatic rings. The van der Waals surface area contributed by atoms with E-state index in [-0.39, 0.29) is 0 Å². The molecule has 1 fully saturated rings. The van der Waals surface area contributed by atoms with Crippen LogP contribution < -0.4 is 0 Å². The zero-order valence-electron chi connectivity index (χ0n) is 6.18. The highest BCUT2D eigenvalue weighted by atomic mass is 35.5. The summed E-state index contributed by atoms with van der Waals surface area (Å²) in [5.41, 5.74) is 2.23. The third-order valence-electron chi connectivity index (χ3n) is 2.52. The predicted octanol–water partition coefficient (Wildman–Crippen LogP) is 2.60. The average Bonchev–Trinajstić information content (AvgIpc) is 2.48. The first kappa shape index (κ1) is 7.19. The van der Waals surface area contributed by atoms with Crippen molar-refractivity contribution in [3.05, 3.63) is 35.4 Å². The fraction of sp³-hybridized carbons (Fsp3) is 0.333. The fourth-order valence-corrected chi connectivity index (χ4v) is 2.62. The molecule has 62 valence electrons. The summed E-state index contributed by atoms with van der Waals surface area (Å²) >= 11 is 12.3. The predicted molar refractivity (Wildman–Crippen MR) is 47.3 cm³/mol. The van der Waals surface area contributed by atoms with E-state index in [1.54, 1.807) is 0 Å². The number of fused-ring (bicyclic) bond motifs is 3. The van der Waals surface area contributed by atoms with Crippen LogP contribution in [0.15, 0.2) is 24.3 Å². The molecule has 0 spiro atoms. The standard InChI is InChI=1S/C9H6Cl2O/c10-8-5-6-3-1-2-4-7(6)9(8,11)12-8/h1-4H,5H2. The first-order chi connectivity index (χ1) is 5.66. The van der Waals surface area contributed by atoms with Crippen molar-refractivity contribution in [1.82, 2.24) is 0 Å². The van der Waals surface area contributed by atoms with Gasteiger partial charge >= 0.3 is 0 Å². The van der Waals surface area contributed by atoms with E-state index in [0.717, 1.165) is 5.56 Å². The summed E-state index contributed by atoms with van der Waals surface area (Å²) in [5, 5.41) is -1.39. The van der Waals surface area contributed by atoms with Crippen LogP contribution in [0.25, 0.3) is 0 Å². The van der Waals surface area contributed by atoms with Crippen molar-refractivity contribution < 1.29 is 4.74 Å². The molecular weight excluding hydrogens is 195 g/mol. The Balaban J connectivity index is 2.24. The van der Waals surface area contributed by atoms with Crippen LogP contribution in [-0.4, -0.2) is 5.06 Å². The van der Waals surface area contributed by atoms with Crippen molar-refractivity contribution in [2.45, 2.75) is 16.5 Å². The molecule has 0 bridgehead atoms. The summed E-state index contributed by atoms with van der Waals surface area (Å²) < 4.78 is 5.29. The highest BCUT2D eigenvalue weighted by molar-refractivity contribution is 6.37. The lowest BCUT2D eigenvalue weighted by Crippen LogP contribution is -2.05. The summed E-state index contributed by atoms with van der Waals surface area (Å²) in [5.74, 6) is 0. The first-order valence-electron chi connectivity index (χ1n) is 3.82. The van der Waals surface area contributed by atoms with E-state index in [1.165, 1.54) is 5.56 Å². The smallest absolute Gasteiger partial charge is 0.213 e. The molecule has 1 nitrogen and oxygen atoms in total. The largest absolute Gasteiger partial charge is 0.324 e. The van der Waals surface area contributed by atoms with Gasteiger partial charge in [0, 0.05) is 12.0 Å². The van der Waals surface area contributed by atoms with Crippen molar-refractivity contribution in [3.63, 3.8) is 0 Å². The number of epoxide rings is 1. The molecule has 3 rings (SSSR count). The van der Waals surface area contributed by atoms with Crippen LogP contribution >= 0.6 is 23.2 Å². The second-order valence-corrected chi connectivity index (χ2v) is 4.40. The zero-order valence-corrected chi connectivity index (χ0v) is 7.69. The third-order valence-corrected chi connectivity index (χ3v) is 3.68. The monoisotopic (exact) mass is 200 g/mol. The van der Waals surface area contributed by atoms with E-state index in [0.29, 0.717) is 6.42 Å². The minimum absolute atomic E-state index is 0.655. The van der Waals surface area contributed by atoms with E-state index >= 15 is 0 Å². The molecule has 0 saturated carbocycles. The number of ether oxygens (including phenoxy) is 1. The van der Waals surface area contributed by atoms with Crippen LogP contribution in [0, 0.1) is 0 Å². The molecule has 0 radical (unpaired) electrons. The molecule has 1 aromatic carbocycles. The van der Waals surface area contributed by atoms with Gasteiger partial charge in [-0.05, 0) is 5.56 Å². The van der Waals surface area contributed by atoms with E-state index in [1.807, 2.05) is 24.3 Å². The van der Waals surface area contributed by atoms with Gasteiger partial charge in [0.05, 0.1) is 0 Å². The second kappa shape index (κ2) is 1.82. The topological polar surface area (TPSA) is 12.5 Å². The summed E-state index contributed by atoms with van der Waals surface area (Å²) in [4.78, 5) is 0. The Labute approximate surface area is 80.2 Å². The van der Waals surface area contributed by atoms with Crippen LogP contribution in [0.1, 0.15) is 11.1 Å². The van der Waals surface area contributed by atoms with E-state index in [2.05, 4.69) is 0 Å². The molecule has 1 aliphatic heterocycles. The number of halogens is 2. The fourth-order valence-electron chi connectivity index (χ4n) is 1.84. The minimum atomic E-state index is -0.731. The molecule has 1 saturated heterocycles. The second-order valence-electron chi connectivity index (χ2n) is 3.26. The quantitative estimate of drug-likeness (QED) is 0.464. The number of hydrogen-bond donors (Lipinski definition) is 0. The highest BCUT2D eigenvalue weighted by Crippen LogP contribution is 2.68.